The van der Waals surface area contributed by atoms with E-state index in [1.54, 1.807) is 11.6 Å². The number of aromatic nitrogens is 2. The molecular formula is C26H30ClN5O2. The number of carbonyl (C=O) groups excluding carboxylic acids is 2. The maximum absolute atomic E-state index is 12.9. The van der Waals surface area contributed by atoms with Crippen LogP contribution in [-0.4, -0.2) is 64.6 Å². The summed E-state index contributed by atoms with van der Waals surface area (Å²) < 4.78 is 1.65. The van der Waals surface area contributed by atoms with Gasteiger partial charge in [0.25, 0.3) is 11.8 Å². The summed E-state index contributed by atoms with van der Waals surface area (Å²) in [5.74, 6) is -0.220. The van der Waals surface area contributed by atoms with E-state index in [-0.39, 0.29) is 11.8 Å². The van der Waals surface area contributed by atoms with Gasteiger partial charge in [-0.3, -0.25) is 9.59 Å². The van der Waals surface area contributed by atoms with E-state index >= 15 is 0 Å². The van der Waals surface area contributed by atoms with Crippen molar-refractivity contribution in [3.05, 3.63) is 87.2 Å². The number of nitrogens with one attached hydrogen (secondary N) is 1. The van der Waals surface area contributed by atoms with E-state index in [1.165, 1.54) is 5.56 Å². The van der Waals surface area contributed by atoms with E-state index in [2.05, 4.69) is 22.4 Å². The Morgan fingerprint density at radius 1 is 0.941 bits per heavy atom. The summed E-state index contributed by atoms with van der Waals surface area (Å²) in [7, 11) is 2.06. The molecule has 7 nitrogen and oxygen atoms in total. The Kier molecular flexibility index (Phi) is 7.34. The summed E-state index contributed by atoms with van der Waals surface area (Å²) in [5, 5.41) is 7.71. The molecule has 1 saturated heterocycles. The number of hydrogen-bond acceptors (Lipinski definition) is 4. The van der Waals surface area contributed by atoms with Gasteiger partial charge in [-0.1, -0.05) is 53.6 Å². The number of likely N-dealkylation sites (N-methyl/N-ethyl adjacent to an activating group) is 1. The van der Waals surface area contributed by atoms with Gasteiger partial charge in [0.1, 0.15) is 5.15 Å². The number of rotatable bonds is 6. The minimum absolute atomic E-state index is 0.0482. The van der Waals surface area contributed by atoms with Crippen molar-refractivity contribution in [1.29, 1.82) is 0 Å². The zero-order valence-corrected chi connectivity index (χ0v) is 20.6. The van der Waals surface area contributed by atoms with Gasteiger partial charge in [-0.2, -0.15) is 5.10 Å². The van der Waals surface area contributed by atoms with E-state index in [9.17, 15) is 9.59 Å². The minimum atomic E-state index is -0.268. The van der Waals surface area contributed by atoms with Gasteiger partial charge in [-0.15, -0.1) is 0 Å². The van der Waals surface area contributed by atoms with Gasteiger partial charge in [0.15, 0.2) is 0 Å². The van der Waals surface area contributed by atoms with Crippen molar-refractivity contribution in [1.82, 2.24) is 24.9 Å². The topological polar surface area (TPSA) is 70.5 Å². The Morgan fingerprint density at radius 3 is 2.21 bits per heavy atom. The van der Waals surface area contributed by atoms with Crippen molar-refractivity contribution in [3.63, 3.8) is 0 Å². The Bertz CT molecular complexity index is 1160. The highest BCUT2D eigenvalue weighted by Gasteiger charge is 2.22. The van der Waals surface area contributed by atoms with Gasteiger partial charge in [-0.25, -0.2) is 4.68 Å². The van der Waals surface area contributed by atoms with Gasteiger partial charge in [0.05, 0.1) is 17.8 Å². The van der Waals surface area contributed by atoms with E-state index in [0.717, 1.165) is 37.3 Å². The molecule has 3 aromatic rings. The Morgan fingerprint density at radius 2 is 1.56 bits per heavy atom. The lowest BCUT2D eigenvalue weighted by molar-refractivity contribution is 0.0664. The molecule has 0 bridgehead atoms. The first-order valence-corrected chi connectivity index (χ1v) is 11.8. The lowest BCUT2D eigenvalue weighted by Crippen LogP contribution is -2.47. The molecule has 1 N–H and O–H groups in total. The molecule has 0 radical (unpaired) electrons. The van der Waals surface area contributed by atoms with Crippen LogP contribution in [0.4, 0.5) is 0 Å². The zero-order valence-electron chi connectivity index (χ0n) is 19.8. The molecule has 0 saturated carbocycles. The molecule has 2 aromatic carbocycles. The Labute approximate surface area is 205 Å². The number of aryl methyl sites for hydroxylation is 2. The average Bonchev–Trinajstić information content (AvgIpc) is 3.12. The van der Waals surface area contributed by atoms with Crippen LogP contribution in [-0.2, 0) is 13.1 Å². The Balaban J connectivity index is 1.36. The van der Waals surface area contributed by atoms with Crippen LogP contribution < -0.4 is 5.32 Å². The lowest BCUT2D eigenvalue weighted by atomic mass is 10.1. The summed E-state index contributed by atoms with van der Waals surface area (Å²) in [5.41, 5.74) is 4.79. The highest BCUT2D eigenvalue weighted by atomic mass is 35.5. The molecule has 0 aliphatic carbocycles. The quantitative estimate of drug-likeness (QED) is 0.587. The first-order valence-electron chi connectivity index (χ1n) is 11.4. The first-order chi connectivity index (χ1) is 16.3. The molecule has 1 aromatic heterocycles. The fourth-order valence-electron chi connectivity index (χ4n) is 4.01. The van der Waals surface area contributed by atoms with Crippen LogP contribution in [0, 0.1) is 13.8 Å². The molecule has 1 aliphatic heterocycles. The number of piperazine rings is 1. The van der Waals surface area contributed by atoms with Crippen LogP contribution in [0.15, 0.2) is 48.5 Å². The van der Waals surface area contributed by atoms with E-state index in [4.69, 9.17) is 11.6 Å². The van der Waals surface area contributed by atoms with Crippen LogP contribution in [0.25, 0.3) is 0 Å². The molecule has 0 unspecified atom stereocenters. The third-order valence-corrected chi connectivity index (χ3v) is 6.57. The molecule has 178 valence electrons. The Hall–Kier alpha value is -3.16. The van der Waals surface area contributed by atoms with Crippen LogP contribution in [0.2, 0.25) is 5.15 Å². The minimum Gasteiger partial charge on any atom is -0.348 e. The predicted octanol–water partition coefficient (Wildman–Crippen LogP) is 3.52. The average molecular weight is 480 g/mol. The van der Waals surface area contributed by atoms with Crippen molar-refractivity contribution in [2.45, 2.75) is 26.9 Å². The van der Waals surface area contributed by atoms with Crippen molar-refractivity contribution < 1.29 is 9.59 Å². The third kappa shape index (κ3) is 5.48. The molecule has 4 rings (SSSR count). The second kappa shape index (κ2) is 10.4. The maximum atomic E-state index is 12.9. The normalized spacial score (nSPS) is 14.3. The summed E-state index contributed by atoms with van der Waals surface area (Å²) in [6, 6.07) is 15.5. The molecule has 2 heterocycles. The second-order valence-electron chi connectivity index (χ2n) is 8.87. The van der Waals surface area contributed by atoms with E-state index in [1.807, 2.05) is 60.4 Å². The lowest BCUT2D eigenvalue weighted by Gasteiger charge is -2.32. The number of halogens is 1. The fourth-order valence-corrected chi connectivity index (χ4v) is 4.33. The molecule has 1 aliphatic rings. The number of amides is 2. The highest BCUT2D eigenvalue weighted by Crippen LogP contribution is 2.21. The molecule has 34 heavy (non-hydrogen) atoms. The predicted molar refractivity (Wildman–Crippen MR) is 133 cm³/mol. The van der Waals surface area contributed by atoms with Crippen molar-refractivity contribution in [2.75, 3.05) is 33.2 Å². The molecular weight excluding hydrogens is 450 g/mol. The molecule has 1 fully saturated rings. The first kappa shape index (κ1) is 24.0. The summed E-state index contributed by atoms with van der Waals surface area (Å²) in [6.07, 6.45) is 0. The van der Waals surface area contributed by atoms with Crippen LogP contribution in [0.1, 0.15) is 43.1 Å². The number of nitrogens with zero attached hydrogens (tertiary/aromatic N) is 4. The number of benzene rings is 2. The summed E-state index contributed by atoms with van der Waals surface area (Å²) >= 11 is 6.52. The number of carbonyl (C=O) groups is 2. The van der Waals surface area contributed by atoms with E-state index in [0.29, 0.717) is 35.1 Å². The molecule has 2 amide bonds. The van der Waals surface area contributed by atoms with Crippen molar-refractivity contribution >= 4 is 23.4 Å². The maximum Gasteiger partial charge on any atom is 0.256 e. The van der Waals surface area contributed by atoms with Crippen molar-refractivity contribution in [3.8, 4) is 0 Å². The van der Waals surface area contributed by atoms with Crippen LogP contribution in [0.3, 0.4) is 0 Å². The zero-order chi connectivity index (χ0) is 24.2. The standard InChI is InChI=1S/C26H30ClN5O2/c1-18-4-6-21(7-5-18)17-32-24(27)23(19(2)29-32)25(33)28-16-20-8-10-22(11-9-20)26(34)31-14-12-30(3)13-15-31/h4-11H,12-17H2,1-3H3,(H,28,33). The summed E-state index contributed by atoms with van der Waals surface area (Å²) in [4.78, 5) is 29.7. The second-order valence-corrected chi connectivity index (χ2v) is 9.23. The van der Waals surface area contributed by atoms with Gasteiger partial charge in [0.2, 0.25) is 0 Å². The smallest absolute Gasteiger partial charge is 0.256 e. The summed E-state index contributed by atoms with van der Waals surface area (Å²) in [6.45, 7) is 7.91. The highest BCUT2D eigenvalue weighted by molar-refractivity contribution is 6.33. The largest absolute Gasteiger partial charge is 0.348 e. The monoisotopic (exact) mass is 479 g/mol. The van der Waals surface area contributed by atoms with Gasteiger partial charge in [0, 0.05) is 38.3 Å². The molecule has 0 atom stereocenters. The van der Waals surface area contributed by atoms with Gasteiger partial charge in [-0.05, 0) is 44.2 Å². The van der Waals surface area contributed by atoms with Crippen LogP contribution in [0.5, 0.6) is 0 Å². The molecule has 8 heteroatoms. The third-order valence-electron chi connectivity index (χ3n) is 6.19. The fraction of sp³-hybridized carbons (Fsp3) is 0.346. The SMILES string of the molecule is Cc1ccc(Cn2nc(C)c(C(=O)NCc3ccc(C(=O)N4CCN(C)CC4)cc3)c2Cl)cc1. The van der Waals surface area contributed by atoms with E-state index < -0.39 is 0 Å². The van der Waals surface area contributed by atoms with Crippen molar-refractivity contribution in [2.24, 2.45) is 0 Å². The van der Waals surface area contributed by atoms with Gasteiger partial charge < -0.3 is 15.1 Å². The number of hydrogen-bond donors (Lipinski definition) is 1. The van der Waals surface area contributed by atoms with Gasteiger partial charge >= 0.3 is 0 Å². The molecule has 0 spiro atoms. The van der Waals surface area contributed by atoms with Crippen LogP contribution >= 0.6 is 11.6 Å².